The summed E-state index contributed by atoms with van der Waals surface area (Å²) in [7, 11) is 0. The third-order valence-corrected chi connectivity index (χ3v) is 3.07. The lowest BCUT2D eigenvalue weighted by molar-refractivity contribution is -0.703. The van der Waals surface area contributed by atoms with E-state index in [-0.39, 0.29) is 0 Å². The molecule has 1 nitrogen and oxygen atoms in total. The van der Waals surface area contributed by atoms with Gasteiger partial charge >= 0.3 is 0 Å². The van der Waals surface area contributed by atoms with E-state index in [1.54, 1.807) is 0 Å². The van der Waals surface area contributed by atoms with E-state index in [2.05, 4.69) is 49.9 Å². The normalized spacial score (nSPS) is 12.7. The Morgan fingerprint density at radius 3 is 2.40 bits per heavy atom. The second kappa shape index (κ2) is 6.60. The fraction of sp³-hybridized carbons (Fsp3) is 0.643. The van der Waals surface area contributed by atoms with Crippen LogP contribution in [-0.4, -0.2) is 0 Å². The second-order valence-corrected chi connectivity index (χ2v) is 4.49. The molecule has 0 saturated carbocycles. The lowest BCUT2D eigenvalue weighted by Gasteiger charge is -2.10. The molecule has 1 atom stereocenters. The number of hydrogen-bond donors (Lipinski definition) is 0. The molecule has 0 bridgehead atoms. The van der Waals surface area contributed by atoms with Gasteiger partial charge in [0.2, 0.25) is 0 Å². The van der Waals surface area contributed by atoms with E-state index in [1.165, 1.54) is 37.8 Å². The van der Waals surface area contributed by atoms with Crippen LogP contribution in [0, 0.1) is 12.8 Å². The van der Waals surface area contributed by atoms with Crippen molar-refractivity contribution in [1.29, 1.82) is 0 Å². The smallest absolute Gasteiger partial charge is 0.169 e. The van der Waals surface area contributed by atoms with Gasteiger partial charge in [-0.15, -0.1) is 0 Å². The van der Waals surface area contributed by atoms with E-state index in [0.29, 0.717) is 0 Å². The highest BCUT2D eigenvalue weighted by Crippen LogP contribution is 2.12. The van der Waals surface area contributed by atoms with Crippen molar-refractivity contribution in [3.05, 3.63) is 30.1 Å². The minimum Gasteiger partial charge on any atom is -0.205 e. The van der Waals surface area contributed by atoms with Crippen LogP contribution < -0.4 is 4.57 Å². The predicted molar refractivity (Wildman–Crippen MR) is 64.7 cm³/mol. The lowest BCUT2D eigenvalue weighted by atomic mass is 9.99. The van der Waals surface area contributed by atoms with Crippen LogP contribution in [0.2, 0.25) is 0 Å². The Balaban J connectivity index is 2.47. The summed E-state index contributed by atoms with van der Waals surface area (Å²) >= 11 is 0. The third-order valence-electron chi connectivity index (χ3n) is 3.07. The molecule has 0 radical (unpaired) electrons. The molecular weight excluding hydrogens is 182 g/mol. The number of aryl methyl sites for hydroxylation is 1. The maximum atomic E-state index is 2.32. The van der Waals surface area contributed by atoms with Gasteiger partial charge in [-0.2, -0.15) is 0 Å². The predicted octanol–water partition coefficient (Wildman–Crippen LogP) is 3.50. The Labute approximate surface area is 94.1 Å². The summed E-state index contributed by atoms with van der Waals surface area (Å²) in [6.07, 6.45) is 9.74. The number of hydrogen-bond acceptors (Lipinski definition) is 0. The number of rotatable bonds is 6. The number of aromatic nitrogens is 1. The summed E-state index contributed by atoms with van der Waals surface area (Å²) in [6.45, 7) is 7.89. The highest BCUT2D eigenvalue weighted by atomic mass is 14.9. The lowest BCUT2D eigenvalue weighted by Crippen LogP contribution is -2.36. The summed E-state index contributed by atoms with van der Waals surface area (Å²) < 4.78 is 2.32. The van der Waals surface area contributed by atoms with Crippen molar-refractivity contribution >= 4 is 0 Å². The molecular formula is C14H24N+. The minimum absolute atomic E-state index is 0.845. The molecule has 0 amide bonds. The van der Waals surface area contributed by atoms with Crippen LogP contribution in [0.25, 0.3) is 0 Å². The van der Waals surface area contributed by atoms with E-state index in [0.717, 1.165) is 5.92 Å². The highest BCUT2D eigenvalue weighted by molar-refractivity contribution is 5.03. The van der Waals surface area contributed by atoms with E-state index >= 15 is 0 Å². The number of nitrogens with zero attached hydrogens (tertiary/aromatic N) is 1. The molecule has 1 aromatic heterocycles. The number of pyridine rings is 1. The van der Waals surface area contributed by atoms with Gasteiger partial charge in [-0.3, -0.25) is 0 Å². The molecule has 0 aliphatic carbocycles. The molecule has 1 rings (SSSR count). The number of unbranched alkanes of at least 4 members (excludes halogenated alkanes) is 1. The van der Waals surface area contributed by atoms with Crippen LogP contribution in [0.3, 0.4) is 0 Å². The summed E-state index contributed by atoms with van der Waals surface area (Å²) in [5.41, 5.74) is 1.34. The van der Waals surface area contributed by atoms with Gasteiger partial charge < -0.3 is 0 Å². The second-order valence-electron chi connectivity index (χ2n) is 4.49. The summed E-state index contributed by atoms with van der Waals surface area (Å²) in [5.74, 6) is 0.845. The van der Waals surface area contributed by atoms with Gasteiger partial charge in [0.1, 0.15) is 0 Å². The van der Waals surface area contributed by atoms with E-state index in [1.807, 2.05) is 0 Å². The molecule has 0 saturated heterocycles. The topological polar surface area (TPSA) is 3.88 Å². The van der Waals surface area contributed by atoms with Crippen LogP contribution in [0.4, 0.5) is 0 Å². The van der Waals surface area contributed by atoms with E-state index in [4.69, 9.17) is 0 Å². The summed E-state index contributed by atoms with van der Waals surface area (Å²) in [4.78, 5) is 0. The zero-order chi connectivity index (χ0) is 11.1. The monoisotopic (exact) mass is 206 g/mol. The Bertz CT molecular complexity index is 263. The standard InChI is InChI=1S/C14H24N/c1-4-6-7-14(5-2)12-15-10-8-13(3)9-11-15/h8-11,14H,4-7,12H2,1-3H3/q+1. The average Bonchev–Trinajstić information content (AvgIpc) is 2.27. The van der Waals surface area contributed by atoms with Crippen LogP contribution >= 0.6 is 0 Å². The van der Waals surface area contributed by atoms with Crippen molar-refractivity contribution in [3.63, 3.8) is 0 Å². The SMILES string of the molecule is CCCCC(CC)C[n+]1ccc(C)cc1. The first-order chi connectivity index (χ1) is 7.26. The third kappa shape index (κ3) is 4.46. The minimum atomic E-state index is 0.845. The first kappa shape index (κ1) is 12.2. The first-order valence-corrected chi connectivity index (χ1v) is 6.22. The fourth-order valence-corrected chi connectivity index (χ4v) is 1.87. The van der Waals surface area contributed by atoms with Gasteiger partial charge in [-0.1, -0.05) is 26.7 Å². The summed E-state index contributed by atoms with van der Waals surface area (Å²) in [6, 6.07) is 4.37. The molecule has 0 spiro atoms. The summed E-state index contributed by atoms with van der Waals surface area (Å²) in [5, 5.41) is 0. The fourth-order valence-electron chi connectivity index (χ4n) is 1.87. The maximum Gasteiger partial charge on any atom is 0.169 e. The molecule has 0 aliphatic rings. The van der Waals surface area contributed by atoms with E-state index in [9.17, 15) is 0 Å². The average molecular weight is 206 g/mol. The Morgan fingerprint density at radius 2 is 1.87 bits per heavy atom. The van der Waals surface area contributed by atoms with Crippen molar-refractivity contribution < 1.29 is 4.57 Å². The Hall–Kier alpha value is -0.850. The first-order valence-electron chi connectivity index (χ1n) is 6.22. The van der Waals surface area contributed by atoms with Gasteiger partial charge in [0, 0.05) is 18.1 Å². The van der Waals surface area contributed by atoms with Gasteiger partial charge in [-0.05, 0) is 25.3 Å². The van der Waals surface area contributed by atoms with Gasteiger partial charge in [-0.25, -0.2) is 4.57 Å². The van der Waals surface area contributed by atoms with E-state index < -0.39 is 0 Å². The van der Waals surface area contributed by atoms with Gasteiger partial charge in [0.15, 0.2) is 18.9 Å². The van der Waals surface area contributed by atoms with Crippen molar-refractivity contribution in [2.75, 3.05) is 0 Å². The maximum absolute atomic E-state index is 2.32. The van der Waals surface area contributed by atoms with Crippen molar-refractivity contribution in [1.82, 2.24) is 0 Å². The zero-order valence-corrected chi connectivity index (χ0v) is 10.4. The van der Waals surface area contributed by atoms with Crippen LogP contribution in [0.5, 0.6) is 0 Å². The molecule has 1 heteroatoms. The quantitative estimate of drug-likeness (QED) is 0.627. The van der Waals surface area contributed by atoms with Crippen LogP contribution in [-0.2, 0) is 6.54 Å². The molecule has 0 aliphatic heterocycles. The molecule has 1 unspecified atom stereocenters. The largest absolute Gasteiger partial charge is 0.205 e. The Kier molecular flexibility index (Phi) is 5.38. The highest BCUT2D eigenvalue weighted by Gasteiger charge is 2.11. The van der Waals surface area contributed by atoms with Gasteiger partial charge in [0.05, 0.1) is 0 Å². The van der Waals surface area contributed by atoms with Crippen molar-refractivity contribution in [2.24, 2.45) is 5.92 Å². The zero-order valence-electron chi connectivity index (χ0n) is 10.4. The molecule has 0 N–H and O–H groups in total. The van der Waals surface area contributed by atoms with Crippen LogP contribution in [0.1, 0.15) is 45.1 Å². The van der Waals surface area contributed by atoms with Gasteiger partial charge in [0.25, 0.3) is 0 Å². The molecule has 0 fully saturated rings. The molecule has 1 aromatic rings. The van der Waals surface area contributed by atoms with Crippen LogP contribution in [0.15, 0.2) is 24.5 Å². The molecule has 0 aromatic carbocycles. The Morgan fingerprint density at radius 1 is 1.20 bits per heavy atom. The molecule has 84 valence electrons. The molecule has 1 heterocycles. The van der Waals surface area contributed by atoms with Crippen molar-refractivity contribution in [3.8, 4) is 0 Å². The van der Waals surface area contributed by atoms with Crippen molar-refractivity contribution in [2.45, 2.75) is 53.0 Å². The molecule has 15 heavy (non-hydrogen) atoms.